The van der Waals surface area contributed by atoms with Crippen LogP contribution in [-0.4, -0.2) is 11.7 Å². The van der Waals surface area contributed by atoms with Crippen molar-refractivity contribution in [3.05, 3.63) is 35.1 Å². The van der Waals surface area contributed by atoms with Gasteiger partial charge in [-0.15, -0.1) is 0 Å². The zero-order valence-corrected chi connectivity index (χ0v) is 8.50. The third-order valence-corrected chi connectivity index (χ3v) is 2.32. The Balaban J connectivity index is 2.94. The Morgan fingerprint density at radius 1 is 1.43 bits per heavy atom. The van der Waals surface area contributed by atoms with Gasteiger partial charge < -0.3 is 10.8 Å². The van der Waals surface area contributed by atoms with Gasteiger partial charge in [-0.3, -0.25) is 0 Å². The summed E-state index contributed by atoms with van der Waals surface area (Å²) in [5, 5.41) is 9.79. The van der Waals surface area contributed by atoms with E-state index in [0.29, 0.717) is 12.1 Å². The average molecular weight is 197 g/mol. The summed E-state index contributed by atoms with van der Waals surface area (Å²) in [6, 6.07) is 4.56. The predicted octanol–water partition coefficient (Wildman–Crippen LogP) is 1.76. The van der Waals surface area contributed by atoms with Crippen molar-refractivity contribution in [3.63, 3.8) is 0 Å². The molecule has 0 bridgehead atoms. The summed E-state index contributed by atoms with van der Waals surface area (Å²) in [7, 11) is 0. The van der Waals surface area contributed by atoms with Crippen molar-refractivity contribution < 1.29 is 9.50 Å². The number of halogens is 1. The summed E-state index contributed by atoms with van der Waals surface area (Å²) >= 11 is 0. The molecule has 3 heteroatoms. The normalized spacial score (nSPS) is 15.2. The molecule has 1 aromatic carbocycles. The molecule has 0 radical (unpaired) electrons. The molecule has 3 N–H and O–H groups in total. The number of hydrogen-bond donors (Lipinski definition) is 2. The number of nitrogens with two attached hydrogens (primary N) is 1. The van der Waals surface area contributed by atoms with E-state index in [4.69, 9.17) is 5.73 Å². The molecule has 0 fully saturated rings. The largest absolute Gasteiger partial charge is 0.388 e. The number of benzene rings is 1. The molecule has 0 aliphatic carbocycles. The highest BCUT2D eigenvalue weighted by atomic mass is 19.1. The Morgan fingerprint density at radius 3 is 2.57 bits per heavy atom. The number of hydrogen-bond acceptors (Lipinski definition) is 2. The molecule has 0 saturated heterocycles. The Labute approximate surface area is 83.6 Å². The maximum absolute atomic E-state index is 13.0. The van der Waals surface area contributed by atoms with Crippen LogP contribution < -0.4 is 5.73 Å². The lowest BCUT2D eigenvalue weighted by atomic mass is 9.96. The highest BCUT2D eigenvalue weighted by Crippen LogP contribution is 2.22. The molecule has 0 spiro atoms. The van der Waals surface area contributed by atoms with Crippen LogP contribution in [0.15, 0.2) is 18.2 Å². The van der Waals surface area contributed by atoms with Gasteiger partial charge in [-0.25, -0.2) is 4.39 Å². The lowest BCUT2D eigenvalue weighted by Gasteiger charge is -2.17. The topological polar surface area (TPSA) is 46.2 Å². The van der Waals surface area contributed by atoms with Gasteiger partial charge >= 0.3 is 0 Å². The molecule has 1 aromatic rings. The fourth-order valence-corrected chi connectivity index (χ4v) is 1.39. The van der Waals surface area contributed by atoms with Gasteiger partial charge in [0.1, 0.15) is 5.82 Å². The van der Waals surface area contributed by atoms with Gasteiger partial charge in [0, 0.05) is 0 Å². The van der Waals surface area contributed by atoms with Crippen molar-refractivity contribution in [2.24, 2.45) is 11.7 Å². The number of rotatable bonds is 3. The molecule has 2 nitrogen and oxygen atoms in total. The summed E-state index contributed by atoms with van der Waals surface area (Å²) in [4.78, 5) is 0. The maximum atomic E-state index is 13.0. The molecular formula is C11H16FNO. The molecule has 0 aliphatic rings. The van der Waals surface area contributed by atoms with Gasteiger partial charge in [0.25, 0.3) is 0 Å². The molecule has 0 amide bonds. The van der Waals surface area contributed by atoms with Crippen LogP contribution in [0, 0.1) is 18.7 Å². The molecular weight excluding hydrogens is 181 g/mol. The molecule has 2 atom stereocenters. The summed E-state index contributed by atoms with van der Waals surface area (Å²) in [5.41, 5.74) is 6.84. The van der Waals surface area contributed by atoms with Crippen LogP contribution in [0.3, 0.4) is 0 Å². The van der Waals surface area contributed by atoms with E-state index in [1.807, 2.05) is 6.92 Å². The number of aliphatic hydroxyl groups is 1. The van der Waals surface area contributed by atoms with Gasteiger partial charge in [0.2, 0.25) is 0 Å². The number of aliphatic hydroxyl groups excluding tert-OH is 1. The van der Waals surface area contributed by atoms with Gasteiger partial charge in [0.05, 0.1) is 6.10 Å². The third kappa shape index (κ3) is 2.53. The van der Waals surface area contributed by atoms with Crippen LogP contribution in [0.5, 0.6) is 0 Å². The minimum atomic E-state index is -0.686. The van der Waals surface area contributed by atoms with E-state index in [9.17, 15) is 9.50 Å². The summed E-state index contributed by atoms with van der Waals surface area (Å²) in [6.45, 7) is 4.02. The SMILES string of the molecule is Cc1cc(F)cc(C(O)C(C)CN)c1. The fourth-order valence-electron chi connectivity index (χ4n) is 1.39. The molecule has 14 heavy (non-hydrogen) atoms. The monoisotopic (exact) mass is 197 g/mol. The maximum Gasteiger partial charge on any atom is 0.123 e. The van der Waals surface area contributed by atoms with Crippen molar-refractivity contribution in [1.29, 1.82) is 0 Å². The summed E-state index contributed by atoms with van der Waals surface area (Å²) < 4.78 is 13.0. The molecule has 0 saturated carbocycles. The van der Waals surface area contributed by atoms with Crippen LogP contribution in [0.1, 0.15) is 24.2 Å². The van der Waals surface area contributed by atoms with E-state index in [-0.39, 0.29) is 11.7 Å². The van der Waals surface area contributed by atoms with Crippen LogP contribution >= 0.6 is 0 Å². The number of aryl methyl sites for hydroxylation is 1. The minimum absolute atomic E-state index is 0.0591. The van der Waals surface area contributed by atoms with Crippen molar-refractivity contribution >= 4 is 0 Å². The van der Waals surface area contributed by atoms with Crippen LogP contribution in [-0.2, 0) is 0 Å². The van der Waals surface area contributed by atoms with Gasteiger partial charge in [-0.1, -0.05) is 13.0 Å². The predicted molar refractivity (Wildman–Crippen MR) is 54.3 cm³/mol. The van der Waals surface area contributed by atoms with Gasteiger partial charge in [-0.05, 0) is 42.6 Å². The second-order valence-corrected chi connectivity index (χ2v) is 3.72. The molecule has 78 valence electrons. The van der Waals surface area contributed by atoms with E-state index in [1.165, 1.54) is 12.1 Å². The first kappa shape index (κ1) is 11.1. The van der Waals surface area contributed by atoms with Crippen LogP contribution in [0.25, 0.3) is 0 Å². The second-order valence-electron chi connectivity index (χ2n) is 3.72. The molecule has 0 aliphatic heterocycles. The van der Waals surface area contributed by atoms with Crippen molar-refractivity contribution in [2.45, 2.75) is 20.0 Å². The van der Waals surface area contributed by atoms with Crippen molar-refractivity contribution in [3.8, 4) is 0 Å². The molecule has 1 rings (SSSR count). The Bertz CT molecular complexity index is 294. The first-order valence-corrected chi connectivity index (χ1v) is 4.70. The molecule has 0 heterocycles. The molecule has 0 aromatic heterocycles. The molecule has 2 unspecified atom stereocenters. The lowest BCUT2D eigenvalue weighted by molar-refractivity contribution is 0.121. The highest BCUT2D eigenvalue weighted by molar-refractivity contribution is 5.25. The van der Waals surface area contributed by atoms with Crippen LogP contribution in [0.4, 0.5) is 4.39 Å². The van der Waals surface area contributed by atoms with E-state index in [1.54, 1.807) is 13.0 Å². The Hall–Kier alpha value is -0.930. The Kier molecular flexibility index (Phi) is 3.61. The second kappa shape index (κ2) is 4.53. The highest BCUT2D eigenvalue weighted by Gasteiger charge is 2.15. The average Bonchev–Trinajstić information content (AvgIpc) is 2.14. The van der Waals surface area contributed by atoms with Crippen molar-refractivity contribution in [2.75, 3.05) is 6.54 Å². The smallest absolute Gasteiger partial charge is 0.123 e. The lowest BCUT2D eigenvalue weighted by Crippen LogP contribution is -2.19. The van der Waals surface area contributed by atoms with E-state index in [2.05, 4.69) is 0 Å². The van der Waals surface area contributed by atoms with E-state index >= 15 is 0 Å². The zero-order valence-electron chi connectivity index (χ0n) is 8.50. The fraction of sp³-hybridized carbons (Fsp3) is 0.455. The van der Waals surface area contributed by atoms with E-state index < -0.39 is 6.10 Å². The van der Waals surface area contributed by atoms with Gasteiger partial charge in [0.15, 0.2) is 0 Å². The zero-order chi connectivity index (χ0) is 10.7. The first-order valence-electron chi connectivity index (χ1n) is 4.70. The minimum Gasteiger partial charge on any atom is -0.388 e. The Morgan fingerprint density at radius 2 is 2.07 bits per heavy atom. The third-order valence-electron chi connectivity index (χ3n) is 2.32. The van der Waals surface area contributed by atoms with Gasteiger partial charge in [-0.2, -0.15) is 0 Å². The van der Waals surface area contributed by atoms with Crippen molar-refractivity contribution in [1.82, 2.24) is 0 Å². The standard InChI is InChI=1S/C11H16FNO/c1-7-3-9(5-10(12)4-7)11(14)8(2)6-13/h3-5,8,11,14H,6,13H2,1-2H3. The summed E-state index contributed by atoms with van der Waals surface area (Å²) in [6.07, 6.45) is -0.686. The quantitative estimate of drug-likeness (QED) is 0.775. The first-order chi connectivity index (χ1) is 6.54. The van der Waals surface area contributed by atoms with E-state index in [0.717, 1.165) is 5.56 Å². The van der Waals surface area contributed by atoms with Crippen LogP contribution in [0.2, 0.25) is 0 Å². The summed E-state index contributed by atoms with van der Waals surface area (Å²) in [5.74, 6) is -0.375.